The average molecular weight is 673 g/mol. The Morgan fingerprint density at radius 2 is 1.33 bits per heavy atom. The molecular weight excluding hydrogens is 639 g/mol. The molecule has 0 aliphatic carbocycles. The number of rotatable bonds is 7. The maximum Gasteiger partial charge on any atom is 0.433 e. The second-order valence-electron chi connectivity index (χ2n) is 13.3. The Morgan fingerprint density at radius 3 is 1.80 bits per heavy atom. The zero-order valence-electron chi connectivity index (χ0n) is 27.0. The molecule has 6 aromatic rings. The largest absolute Gasteiger partial charge is 0.433 e. The van der Waals surface area contributed by atoms with Crippen LogP contribution >= 0.6 is 0 Å². The highest BCUT2D eigenvalue weighted by Gasteiger charge is 2.51. The van der Waals surface area contributed by atoms with Gasteiger partial charge in [0.05, 0.1) is 18.2 Å². The number of anilines is 1. The second kappa shape index (κ2) is 11.7. The third-order valence-corrected chi connectivity index (χ3v) is 8.96. The number of nitrogens with one attached hydrogen (secondary N) is 1. The molecule has 1 fully saturated rings. The number of hydrogen-bond acceptors (Lipinski definition) is 6. The standard InChI is InChI=1S/C36H33F5N8/c1-33(2,3)32-43-30-27(31(44-32)48-20-19-34(37,38)22-48)46-49(47-30)29(26-21-42-45-28(26)36(39,40)41)35(23-13-7-4-8-14-23,24-15-9-5-10-16-24)25-17-11-6-12-18-25/h4-18,21,29H,19-20,22H2,1-3H3,(H,42,45). The van der Waals surface area contributed by atoms with Gasteiger partial charge in [0.15, 0.2) is 11.3 Å². The number of alkyl halides is 5. The van der Waals surface area contributed by atoms with Crippen LogP contribution in [0.25, 0.3) is 11.2 Å². The molecule has 0 spiro atoms. The summed E-state index contributed by atoms with van der Waals surface area (Å²) in [5, 5.41) is 15.7. The molecule has 8 nitrogen and oxygen atoms in total. The lowest BCUT2D eigenvalue weighted by atomic mass is 9.63. The van der Waals surface area contributed by atoms with Crippen LogP contribution in [0.2, 0.25) is 0 Å². The Bertz CT molecular complexity index is 1970. The van der Waals surface area contributed by atoms with E-state index in [9.17, 15) is 22.0 Å². The smallest absolute Gasteiger partial charge is 0.348 e. The van der Waals surface area contributed by atoms with Crippen LogP contribution < -0.4 is 4.90 Å². The van der Waals surface area contributed by atoms with Crippen LogP contribution in [0.15, 0.2) is 97.2 Å². The summed E-state index contributed by atoms with van der Waals surface area (Å²) in [5.74, 6) is -2.45. The fraction of sp³-hybridized carbons (Fsp3) is 0.306. The Kier molecular flexibility index (Phi) is 7.75. The van der Waals surface area contributed by atoms with Crippen molar-refractivity contribution in [2.75, 3.05) is 18.0 Å². The van der Waals surface area contributed by atoms with Crippen molar-refractivity contribution in [3.8, 4) is 0 Å². The van der Waals surface area contributed by atoms with Crippen LogP contribution in [0, 0.1) is 0 Å². The molecule has 1 atom stereocenters. The van der Waals surface area contributed by atoms with Gasteiger partial charge in [-0.2, -0.15) is 23.1 Å². The van der Waals surface area contributed by atoms with Gasteiger partial charge in [0.25, 0.3) is 5.92 Å². The zero-order chi connectivity index (χ0) is 34.6. The number of aromatic amines is 1. The lowest BCUT2D eigenvalue weighted by Crippen LogP contribution is -2.42. The molecule has 0 amide bonds. The van der Waals surface area contributed by atoms with Gasteiger partial charge in [0.2, 0.25) is 5.65 Å². The second-order valence-corrected chi connectivity index (χ2v) is 13.3. The molecule has 7 rings (SSSR count). The minimum atomic E-state index is -4.82. The number of H-pyrrole nitrogens is 1. The molecular formula is C36H33F5N8. The molecule has 0 bridgehead atoms. The summed E-state index contributed by atoms with van der Waals surface area (Å²) in [7, 11) is 0. The van der Waals surface area contributed by atoms with Gasteiger partial charge in [-0.3, -0.25) is 5.10 Å². The molecule has 0 saturated carbocycles. The molecule has 1 saturated heterocycles. The quantitative estimate of drug-likeness (QED) is 0.138. The topological polar surface area (TPSA) is 88.4 Å². The highest BCUT2D eigenvalue weighted by atomic mass is 19.4. The first-order valence-electron chi connectivity index (χ1n) is 15.8. The Labute approximate surface area is 279 Å². The predicted octanol–water partition coefficient (Wildman–Crippen LogP) is 7.73. The Balaban J connectivity index is 1.61. The summed E-state index contributed by atoms with van der Waals surface area (Å²) >= 11 is 0. The molecule has 4 heterocycles. The van der Waals surface area contributed by atoms with Crippen molar-refractivity contribution in [1.82, 2.24) is 35.2 Å². The van der Waals surface area contributed by atoms with Gasteiger partial charge < -0.3 is 4.90 Å². The molecule has 1 aliphatic rings. The van der Waals surface area contributed by atoms with Gasteiger partial charge >= 0.3 is 6.18 Å². The monoisotopic (exact) mass is 672 g/mol. The van der Waals surface area contributed by atoms with E-state index in [2.05, 4.69) is 10.2 Å². The van der Waals surface area contributed by atoms with E-state index < -0.39 is 41.2 Å². The minimum absolute atomic E-state index is 0.0148. The summed E-state index contributed by atoms with van der Waals surface area (Å²) in [6.07, 6.45) is -4.04. The normalized spacial score (nSPS) is 16.0. The minimum Gasteiger partial charge on any atom is -0.348 e. The number of fused-ring (bicyclic) bond motifs is 1. The summed E-state index contributed by atoms with van der Waals surface area (Å²) in [6.45, 7) is 5.09. The van der Waals surface area contributed by atoms with E-state index in [0.29, 0.717) is 22.5 Å². The van der Waals surface area contributed by atoms with Crippen LogP contribution in [0.3, 0.4) is 0 Å². The van der Waals surface area contributed by atoms with Crippen LogP contribution in [-0.4, -0.2) is 54.2 Å². The van der Waals surface area contributed by atoms with Crippen molar-refractivity contribution >= 4 is 17.0 Å². The third kappa shape index (κ3) is 5.70. The van der Waals surface area contributed by atoms with E-state index in [1.807, 2.05) is 112 Å². The maximum absolute atomic E-state index is 14.9. The highest BCUT2D eigenvalue weighted by molar-refractivity contribution is 5.83. The summed E-state index contributed by atoms with van der Waals surface area (Å²) < 4.78 is 73.7. The van der Waals surface area contributed by atoms with Crippen LogP contribution in [0.5, 0.6) is 0 Å². The molecule has 1 unspecified atom stereocenters. The van der Waals surface area contributed by atoms with Gasteiger partial charge in [0, 0.05) is 23.9 Å². The molecule has 3 aromatic carbocycles. The number of nitrogens with zero attached hydrogens (tertiary/aromatic N) is 7. The van der Waals surface area contributed by atoms with E-state index in [0.717, 1.165) is 6.20 Å². The Morgan fingerprint density at radius 1 is 0.776 bits per heavy atom. The first-order valence-corrected chi connectivity index (χ1v) is 15.8. The summed E-state index contributed by atoms with van der Waals surface area (Å²) in [5.41, 5.74) is -1.11. The molecule has 3 aromatic heterocycles. The average Bonchev–Trinajstić information content (AvgIpc) is 3.82. The molecule has 49 heavy (non-hydrogen) atoms. The SMILES string of the molecule is CC(C)(C)c1nc(N2CCC(F)(F)C2)c2nn(C(c3cn[nH]c3C(F)(F)F)C(c3ccccc3)(c3ccccc3)c3ccccc3)nc2n1. The summed E-state index contributed by atoms with van der Waals surface area (Å²) in [6, 6.07) is 26.3. The molecule has 252 valence electrons. The third-order valence-electron chi connectivity index (χ3n) is 8.96. The molecule has 13 heteroatoms. The van der Waals surface area contributed by atoms with Gasteiger partial charge in [-0.05, 0) is 16.7 Å². The number of halogens is 5. The van der Waals surface area contributed by atoms with Crippen LogP contribution in [0.1, 0.15) is 67.0 Å². The van der Waals surface area contributed by atoms with Crippen molar-refractivity contribution in [2.24, 2.45) is 0 Å². The van der Waals surface area contributed by atoms with Crippen LogP contribution in [-0.2, 0) is 17.0 Å². The fourth-order valence-corrected chi connectivity index (χ4v) is 6.74. The molecule has 0 radical (unpaired) electrons. The lowest BCUT2D eigenvalue weighted by Gasteiger charge is -2.42. The number of benzene rings is 3. The van der Waals surface area contributed by atoms with Crippen molar-refractivity contribution < 1.29 is 22.0 Å². The zero-order valence-corrected chi connectivity index (χ0v) is 27.0. The van der Waals surface area contributed by atoms with E-state index in [4.69, 9.17) is 20.2 Å². The fourth-order valence-electron chi connectivity index (χ4n) is 6.74. The van der Waals surface area contributed by atoms with Crippen molar-refractivity contribution in [2.45, 2.75) is 56.2 Å². The van der Waals surface area contributed by atoms with E-state index in [-0.39, 0.29) is 35.5 Å². The van der Waals surface area contributed by atoms with Crippen molar-refractivity contribution in [3.05, 3.63) is 131 Å². The van der Waals surface area contributed by atoms with E-state index in [1.54, 1.807) is 0 Å². The van der Waals surface area contributed by atoms with Gasteiger partial charge in [0.1, 0.15) is 17.6 Å². The first-order chi connectivity index (χ1) is 23.3. The highest BCUT2D eigenvalue weighted by Crippen LogP contribution is 2.52. The summed E-state index contributed by atoms with van der Waals surface area (Å²) in [4.78, 5) is 12.1. The molecule has 1 N–H and O–H groups in total. The lowest BCUT2D eigenvalue weighted by molar-refractivity contribution is -0.142. The van der Waals surface area contributed by atoms with Gasteiger partial charge in [-0.25, -0.2) is 18.7 Å². The molecule has 1 aliphatic heterocycles. The Hall–Kier alpha value is -5.20. The van der Waals surface area contributed by atoms with Crippen molar-refractivity contribution in [3.63, 3.8) is 0 Å². The van der Waals surface area contributed by atoms with Crippen molar-refractivity contribution in [1.29, 1.82) is 0 Å². The van der Waals surface area contributed by atoms with E-state index >= 15 is 0 Å². The van der Waals surface area contributed by atoms with E-state index in [1.165, 1.54) is 9.70 Å². The predicted molar refractivity (Wildman–Crippen MR) is 175 cm³/mol. The number of aromatic nitrogens is 7. The number of hydrogen-bond donors (Lipinski definition) is 1. The maximum atomic E-state index is 14.9. The first kappa shape index (κ1) is 32.4. The van der Waals surface area contributed by atoms with Crippen LogP contribution in [0.4, 0.5) is 27.8 Å². The van der Waals surface area contributed by atoms with Gasteiger partial charge in [-0.1, -0.05) is 112 Å². The van der Waals surface area contributed by atoms with Gasteiger partial charge in [-0.15, -0.1) is 10.2 Å².